The van der Waals surface area contributed by atoms with Crippen molar-refractivity contribution in [1.29, 1.82) is 0 Å². The molecule has 22 heavy (non-hydrogen) atoms. The summed E-state index contributed by atoms with van der Waals surface area (Å²) >= 11 is 1.61. The minimum atomic E-state index is -1.07. The van der Waals surface area contributed by atoms with Crippen molar-refractivity contribution in [2.75, 3.05) is 33.1 Å². The summed E-state index contributed by atoms with van der Waals surface area (Å²) in [5.41, 5.74) is 0. The lowest BCUT2D eigenvalue weighted by Crippen LogP contribution is -2.44. The van der Waals surface area contributed by atoms with E-state index in [1.807, 2.05) is 18.4 Å². The van der Waals surface area contributed by atoms with E-state index < -0.39 is 12.1 Å². The number of thioether (sulfide) groups is 1. The van der Waals surface area contributed by atoms with Crippen LogP contribution in [-0.4, -0.2) is 61.0 Å². The number of methoxy groups -OCH3 is 1. The standard InChI is InChI=1S/C15H21NO5S/c1-11(21-12-4-6-13(22-3)7-5-12)15(19)16(8-9-20-2)10-14(17)18/h4-7,11H,8-10H2,1-3H3,(H,17,18). The van der Waals surface area contributed by atoms with Gasteiger partial charge in [0.2, 0.25) is 0 Å². The van der Waals surface area contributed by atoms with Crippen LogP contribution in [0.15, 0.2) is 29.2 Å². The molecular weight excluding hydrogens is 306 g/mol. The highest BCUT2D eigenvalue weighted by Gasteiger charge is 2.23. The van der Waals surface area contributed by atoms with Crippen molar-refractivity contribution >= 4 is 23.6 Å². The normalized spacial score (nSPS) is 11.8. The monoisotopic (exact) mass is 327 g/mol. The maximum atomic E-state index is 12.3. The number of nitrogens with zero attached hydrogens (tertiary/aromatic N) is 1. The highest BCUT2D eigenvalue weighted by molar-refractivity contribution is 7.98. The first-order valence-corrected chi connectivity index (χ1v) is 8.00. The number of carboxylic acids is 1. The number of ether oxygens (including phenoxy) is 2. The van der Waals surface area contributed by atoms with Crippen molar-refractivity contribution in [3.8, 4) is 5.75 Å². The molecule has 1 rings (SSSR count). The van der Waals surface area contributed by atoms with Gasteiger partial charge < -0.3 is 19.5 Å². The van der Waals surface area contributed by atoms with Crippen molar-refractivity contribution < 1.29 is 24.2 Å². The highest BCUT2D eigenvalue weighted by atomic mass is 32.2. The third kappa shape index (κ3) is 5.95. The number of carbonyl (C=O) groups excluding carboxylic acids is 1. The molecule has 1 N–H and O–H groups in total. The van der Waals surface area contributed by atoms with Crippen LogP contribution in [0.3, 0.4) is 0 Å². The third-order valence-electron chi connectivity index (χ3n) is 2.92. The molecule has 1 unspecified atom stereocenters. The Morgan fingerprint density at radius 1 is 1.32 bits per heavy atom. The maximum absolute atomic E-state index is 12.3. The van der Waals surface area contributed by atoms with E-state index in [9.17, 15) is 9.59 Å². The van der Waals surface area contributed by atoms with E-state index in [2.05, 4.69) is 0 Å². The first-order valence-electron chi connectivity index (χ1n) is 6.78. The van der Waals surface area contributed by atoms with E-state index in [1.165, 1.54) is 12.0 Å². The summed E-state index contributed by atoms with van der Waals surface area (Å²) in [5, 5.41) is 8.88. The van der Waals surface area contributed by atoms with Gasteiger partial charge in [-0.15, -0.1) is 11.8 Å². The van der Waals surface area contributed by atoms with Crippen LogP contribution >= 0.6 is 11.8 Å². The van der Waals surface area contributed by atoms with Gasteiger partial charge in [-0.2, -0.15) is 0 Å². The third-order valence-corrected chi connectivity index (χ3v) is 3.67. The quantitative estimate of drug-likeness (QED) is 0.696. The fraction of sp³-hybridized carbons (Fsp3) is 0.467. The van der Waals surface area contributed by atoms with E-state index in [4.69, 9.17) is 14.6 Å². The number of aliphatic carboxylic acids is 1. The molecule has 0 aromatic heterocycles. The minimum Gasteiger partial charge on any atom is -0.481 e. The molecule has 7 heteroatoms. The molecule has 1 aromatic rings. The first-order chi connectivity index (χ1) is 10.5. The summed E-state index contributed by atoms with van der Waals surface area (Å²) in [6.45, 7) is 1.71. The molecule has 6 nitrogen and oxygen atoms in total. The molecule has 0 spiro atoms. The minimum absolute atomic E-state index is 0.209. The molecule has 0 aliphatic rings. The molecule has 122 valence electrons. The molecule has 0 heterocycles. The summed E-state index contributed by atoms with van der Waals surface area (Å²) in [4.78, 5) is 25.5. The van der Waals surface area contributed by atoms with Gasteiger partial charge in [0, 0.05) is 18.6 Å². The molecule has 0 aliphatic carbocycles. The molecule has 1 aromatic carbocycles. The smallest absolute Gasteiger partial charge is 0.323 e. The summed E-state index contributed by atoms with van der Waals surface area (Å²) in [6.07, 6.45) is 1.21. The zero-order valence-electron chi connectivity index (χ0n) is 12.9. The van der Waals surface area contributed by atoms with Crippen LogP contribution in [0.4, 0.5) is 0 Å². The lowest BCUT2D eigenvalue weighted by atomic mass is 10.3. The van der Waals surface area contributed by atoms with Gasteiger partial charge in [0.15, 0.2) is 6.10 Å². The van der Waals surface area contributed by atoms with E-state index in [0.29, 0.717) is 5.75 Å². The predicted molar refractivity (Wildman–Crippen MR) is 84.4 cm³/mol. The molecule has 0 radical (unpaired) electrons. The van der Waals surface area contributed by atoms with Crippen LogP contribution in [0.5, 0.6) is 5.75 Å². The summed E-state index contributed by atoms with van der Waals surface area (Å²) in [5.74, 6) is -0.880. The molecule has 0 bridgehead atoms. The first kappa shape index (κ1) is 18.3. The Hall–Kier alpha value is -1.73. The van der Waals surface area contributed by atoms with Gasteiger partial charge in [0.1, 0.15) is 12.3 Å². The maximum Gasteiger partial charge on any atom is 0.323 e. The topological polar surface area (TPSA) is 76.1 Å². The Morgan fingerprint density at radius 2 is 1.95 bits per heavy atom. The fourth-order valence-electron chi connectivity index (χ4n) is 1.80. The van der Waals surface area contributed by atoms with Gasteiger partial charge in [-0.25, -0.2) is 0 Å². The van der Waals surface area contributed by atoms with E-state index in [1.54, 1.807) is 30.8 Å². The Labute approximate surface area is 134 Å². The summed E-state index contributed by atoms with van der Waals surface area (Å²) < 4.78 is 10.5. The average molecular weight is 327 g/mol. The molecule has 1 amide bonds. The number of hydrogen-bond acceptors (Lipinski definition) is 5. The Kier molecular flexibility index (Phi) is 7.76. The summed E-state index contributed by atoms with van der Waals surface area (Å²) in [7, 11) is 1.50. The lowest BCUT2D eigenvalue weighted by Gasteiger charge is -2.24. The van der Waals surface area contributed by atoms with Gasteiger partial charge >= 0.3 is 5.97 Å². The number of hydrogen-bond donors (Lipinski definition) is 1. The van der Waals surface area contributed by atoms with E-state index in [0.717, 1.165) is 4.90 Å². The van der Waals surface area contributed by atoms with Crippen molar-refractivity contribution in [2.45, 2.75) is 17.9 Å². The SMILES string of the molecule is COCCN(CC(=O)O)C(=O)C(C)Oc1ccc(SC)cc1. The second-order valence-electron chi connectivity index (χ2n) is 4.58. The number of benzene rings is 1. The highest BCUT2D eigenvalue weighted by Crippen LogP contribution is 2.20. The largest absolute Gasteiger partial charge is 0.481 e. The van der Waals surface area contributed by atoms with Crippen LogP contribution in [0.1, 0.15) is 6.92 Å². The zero-order valence-corrected chi connectivity index (χ0v) is 13.8. The Bertz CT molecular complexity index is 491. The van der Waals surface area contributed by atoms with Crippen molar-refractivity contribution in [3.63, 3.8) is 0 Å². The van der Waals surface area contributed by atoms with Gasteiger partial charge in [0.25, 0.3) is 5.91 Å². The van der Waals surface area contributed by atoms with Gasteiger partial charge in [-0.1, -0.05) is 0 Å². The van der Waals surface area contributed by atoms with E-state index >= 15 is 0 Å². The van der Waals surface area contributed by atoms with Crippen molar-refractivity contribution in [2.24, 2.45) is 0 Å². The van der Waals surface area contributed by atoms with Gasteiger partial charge in [-0.3, -0.25) is 9.59 Å². The number of carbonyl (C=O) groups is 2. The van der Waals surface area contributed by atoms with Gasteiger partial charge in [-0.05, 0) is 37.4 Å². The average Bonchev–Trinajstić information content (AvgIpc) is 2.51. The number of amides is 1. The van der Waals surface area contributed by atoms with Crippen molar-refractivity contribution in [1.82, 2.24) is 4.90 Å². The predicted octanol–water partition coefficient (Wildman–Crippen LogP) is 1.74. The molecule has 1 atom stereocenters. The molecule has 0 fully saturated rings. The van der Waals surface area contributed by atoms with Crippen LogP contribution < -0.4 is 4.74 Å². The number of rotatable bonds is 9. The van der Waals surface area contributed by atoms with E-state index in [-0.39, 0.29) is 25.6 Å². The Balaban J connectivity index is 2.68. The molecular formula is C15H21NO5S. The zero-order chi connectivity index (χ0) is 16.5. The second-order valence-corrected chi connectivity index (χ2v) is 5.46. The molecule has 0 saturated heterocycles. The van der Waals surface area contributed by atoms with Crippen LogP contribution in [0.25, 0.3) is 0 Å². The van der Waals surface area contributed by atoms with Crippen LogP contribution in [0.2, 0.25) is 0 Å². The molecule has 0 saturated carbocycles. The number of carboxylic acid groups (broad SMARTS) is 1. The van der Waals surface area contributed by atoms with Crippen LogP contribution in [-0.2, 0) is 14.3 Å². The fourth-order valence-corrected chi connectivity index (χ4v) is 2.21. The van der Waals surface area contributed by atoms with Crippen LogP contribution in [0, 0.1) is 0 Å². The Morgan fingerprint density at radius 3 is 2.45 bits per heavy atom. The van der Waals surface area contributed by atoms with Gasteiger partial charge in [0.05, 0.1) is 6.61 Å². The van der Waals surface area contributed by atoms with Crippen molar-refractivity contribution in [3.05, 3.63) is 24.3 Å². The molecule has 0 aliphatic heterocycles. The lowest BCUT2D eigenvalue weighted by molar-refractivity contribution is -0.148. The summed E-state index contributed by atoms with van der Waals surface area (Å²) in [6, 6.07) is 7.37. The second kappa shape index (κ2) is 9.32.